The Morgan fingerprint density at radius 3 is 1.55 bits per heavy atom. The molecule has 11 aromatic rings. The Morgan fingerprint density at radius 2 is 0.863 bits per heavy atom. The van der Waals surface area contributed by atoms with E-state index in [0.29, 0.717) is 0 Å². The predicted molar refractivity (Wildman–Crippen MR) is 218 cm³/mol. The van der Waals surface area contributed by atoms with Gasteiger partial charge in [0.1, 0.15) is 0 Å². The van der Waals surface area contributed by atoms with E-state index in [1.807, 2.05) is 0 Å². The van der Waals surface area contributed by atoms with Gasteiger partial charge in [-0.15, -0.1) is 0 Å². The van der Waals surface area contributed by atoms with Crippen molar-refractivity contribution in [3.8, 4) is 33.6 Å². The van der Waals surface area contributed by atoms with Gasteiger partial charge in [-0.1, -0.05) is 0 Å². The average molecular weight is 714 g/mol. The molecule has 0 bridgehead atoms. The van der Waals surface area contributed by atoms with Crippen LogP contribution in [0.3, 0.4) is 0 Å². The van der Waals surface area contributed by atoms with Crippen LogP contribution in [0.1, 0.15) is 0 Å². The standard InChI is InChI=1S/C48H30N2Se/c1-2-14-31(15-3-1)34-16-4-5-17-35(34)32-28-45(48-40-21-9-13-25-46(40)51-47(48)29-32)50-43-24-12-8-20-38(43)39-27-26-33(30-44(39)50)49-41-22-10-6-18-36(41)37-19-7-11-23-42(37)49/h1-30H. The van der Waals surface area contributed by atoms with Gasteiger partial charge in [0, 0.05) is 0 Å². The number of para-hydroxylation sites is 3. The normalized spacial score (nSPS) is 11.9. The Balaban J connectivity index is 1.26. The molecule has 0 saturated carbocycles. The van der Waals surface area contributed by atoms with Gasteiger partial charge in [0.05, 0.1) is 0 Å². The van der Waals surface area contributed by atoms with Crippen LogP contribution in [0.15, 0.2) is 182 Å². The van der Waals surface area contributed by atoms with Crippen molar-refractivity contribution >= 4 is 77.4 Å². The number of hydrogen-bond donors (Lipinski definition) is 0. The average Bonchev–Trinajstić information content (AvgIpc) is 3.85. The van der Waals surface area contributed by atoms with Crippen molar-refractivity contribution < 1.29 is 0 Å². The Hall–Kier alpha value is -6.12. The topological polar surface area (TPSA) is 9.86 Å². The van der Waals surface area contributed by atoms with E-state index in [0.717, 1.165) is 5.69 Å². The van der Waals surface area contributed by atoms with Crippen LogP contribution < -0.4 is 0 Å². The zero-order chi connectivity index (χ0) is 33.5. The number of fused-ring (bicyclic) bond motifs is 9. The molecular formula is C48H30N2Se. The summed E-state index contributed by atoms with van der Waals surface area (Å²) in [5, 5.41) is 7.79. The molecule has 0 amide bonds. The number of benzene rings is 8. The molecule has 0 fully saturated rings. The first-order valence-electron chi connectivity index (χ1n) is 17.4. The molecule has 0 atom stereocenters. The molecule has 8 aromatic carbocycles. The summed E-state index contributed by atoms with van der Waals surface area (Å²) >= 11 is 0.200. The van der Waals surface area contributed by atoms with Gasteiger partial charge in [0.2, 0.25) is 0 Å². The fourth-order valence-corrected chi connectivity index (χ4v) is 10.8. The Kier molecular flexibility index (Phi) is 6.30. The Morgan fingerprint density at radius 1 is 0.333 bits per heavy atom. The summed E-state index contributed by atoms with van der Waals surface area (Å²) in [5.74, 6) is 0. The molecule has 2 nitrogen and oxygen atoms in total. The Bertz CT molecular complexity index is 3090. The van der Waals surface area contributed by atoms with E-state index in [4.69, 9.17) is 0 Å². The molecule has 0 spiro atoms. The summed E-state index contributed by atoms with van der Waals surface area (Å²) in [6.45, 7) is 0. The van der Waals surface area contributed by atoms with E-state index in [1.165, 1.54) is 90.8 Å². The van der Waals surface area contributed by atoms with Crippen molar-refractivity contribution in [3.05, 3.63) is 182 Å². The number of aromatic nitrogens is 2. The van der Waals surface area contributed by atoms with Crippen LogP contribution >= 0.6 is 0 Å². The molecule has 0 aliphatic heterocycles. The molecule has 0 aliphatic rings. The van der Waals surface area contributed by atoms with Crippen molar-refractivity contribution in [1.82, 2.24) is 9.13 Å². The minimum absolute atomic E-state index is 0.200. The van der Waals surface area contributed by atoms with Gasteiger partial charge >= 0.3 is 302 Å². The number of nitrogens with zero attached hydrogens (tertiary/aromatic N) is 2. The van der Waals surface area contributed by atoms with E-state index in [1.54, 1.807) is 0 Å². The summed E-state index contributed by atoms with van der Waals surface area (Å²) in [7, 11) is 0. The number of rotatable bonds is 4. The minimum atomic E-state index is 0.200. The van der Waals surface area contributed by atoms with Crippen molar-refractivity contribution in [2.24, 2.45) is 0 Å². The van der Waals surface area contributed by atoms with E-state index < -0.39 is 0 Å². The maximum atomic E-state index is 2.55. The van der Waals surface area contributed by atoms with Gasteiger partial charge < -0.3 is 0 Å². The first-order chi connectivity index (χ1) is 25.3. The third-order valence-corrected chi connectivity index (χ3v) is 12.9. The Labute approximate surface area is 300 Å². The zero-order valence-electron chi connectivity index (χ0n) is 27.6. The third-order valence-electron chi connectivity index (χ3n) is 10.5. The van der Waals surface area contributed by atoms with E-state index in [2.05, 4.69) is 191 Å². The predicted octanol–water partition coefficient (Wildman–Crippen LogP) is 12.6. The first-order valence-corrected chi connectivity index (χ1v) is 19.2. The van der Waals surface area contributed by atoms with E-state index >= 15 is 0 Å². The van der Waals surface area contributed by atoms with Gasteiger partial charge in [-0.05, 0) is 0 Å². The summed E-state index contributed by atoms with van der Waals surface area (Å²) in [4.78, 5) is 0. The maximum absolute atomic E-state index is 2.55. The summed E-state index contributed by atoms with van der Waals surface area (Å²) < 4.78 is 7.86. The second kappa shape index (κ2) is 11.2. The summed E-state index contributed by atoms with van der Waals surface area (Å²) in [6.07, 6.45) is 0. The fraction of sp³-hybridized carbons (Fsp3) is 0. The van der Waals surface area contributed by atoms with Crippen LogP contribution in [0.2, 0.25) is 0 Å². The van der Waals surface area contributed by atoms with Crippen LogP contribution in [0.5, 0.6) is 0 Å². The van der Waals surface area contributed by atoms with Gasteiger partial charge in [-0.25, -0.2) is 0 Å². The molecule has 0 unspecified atom stereocenters. The molecule has 51 heavy (non-hydrogen) atoms. The molecule has 238 valence electrons. The molecule has 3 heterocycles. The van der Waals surface area contributed by atoms with Gasteiger partial charge in [-0.3, -0.25) is 0 Å². The zero-order valence-corrected chi connectivity index (χ0v) is 29.3. The second-order valence-corrected chi connectivity index (χ2v) is 15.6. The number of hydrogen-bond acceptors (Lipinski definition) is 0. The van der Waals surface area contributed by atoms with Gasteiger partial charge in [-0.2, -0.15) is 0 Å². The molecule has 3 heteroatoms. The van der Waals surface area contributed by atoms with E-state index in [-0.39, 0.29) is 14.5 Å². The van der Waals surface area contributed by atoms with Crippen molar-refractivity contribution in [2.75, 3.05) is 0 Å². The molecular weight excluding hydrogens is 684 g/mol. The van der Waals surface area contributed by atoms with Crippen molar-refractivity contribution in [1.29, 1.82) is 0 Å². The SMILES string of the molecule is c1ccc(-c2ccccc2-c2cc(-n3c4ccccc4c4ccc(-n5c6ccccc6c6ccccc65)cc43)c3c(c2)[se]c2ccccc23)cc1. The van der Waals surface area contributed by atoms with Crippen LogP contribution in [-0.4, -0.2) is 23.6 Å². The molecule has 0 aliphatic carbocycles. The van der Waals surface area contributed by atoms with E-state index in [9.17, 15) is 0 Å². The molecule has 0 radical (unpaired) electrons. The third kappa shape index (κ3) is 4.29. The second-order valence-electron chi connectivity index (χ2n) is 13.3. The van der Waals surface area contributed by atoms with Crippen LogP contribution in [0.25, 0.3) is 96.5 Å². The molecule has 3 aromatic heterocycles. The fourth-order valence-electron chi connectivity index (χ4n) is 8.33. The van der Waals surface area contributed by atoms with Crippen LogP contribution in [0.4, 0.5) is 0 Å². The first kappa shape index (κ1) is 28.7. The molecule has 11 rings (SSSR count). The molecule has 0 N–H and O–H groups in total. The van der Waals surface area contributed by atoms with Crippen LogP contribution in [0, 0.1) is 0 Å². The quantitative estimate of drug-likeness (QED) is 0.161. The summed E-state index contributed by atoms with van der Waals surface area (Å²) in [6, 6.07) is 67.1. The van der Waals surface area contributed by atoms with Gasteiger partial charge in [0.15, 0.2) is 0 Å². The molecule has 0 saturated heterocycles. The van der Waals surface area contributed by atoms with Crippen LogP contribution in [-0.2, 0) is 0 Å². The summed E-state index contributed by atoms with van der Waals surface area (Å²) in [5.41, 5.74) is 12.3. The monoisotopic (exact) mass is 714 g/mol. The van der Waals surface area contributed by atoms with Crippen molar-refractivity contribution in [2.45, 2.75) is 0 Å². The van der Waals surface area contributed by atoms with Gasteiger partial charge in [0.25, 0.3) is 0 Å². The van der Waals surface area contributed by atoms with Crippen molar-refractivity contribution in [3.63, 3.8) is 0 Å².